The van der Waals surface area contributed by atoms with Crippen molar-refractivity contribution in [3.8, 4) is 0 Å². The monoisotopic (exact) mass is 472 g/mol. The van der Waals surface area contributed by atoms with Gasteiger partial charge in [0.15, 0.2) is 0 Å². The van der Waals surface area contributed by atoms with Crippen LogP contribution in [0.15, 0.2) is 35.5 Å². The van der Waals surface area contributed by atoms with Crippen LogP contribution in [0.5, 0.6) is 0 Å². The van der Waals surface area contributed by atoms with Gasteiger partial charge in [-0.3, -0.25) is 0 Å². The molecule has 0 spiro atoms. The summed E-state index contributed by atoms with van der Waals surface area (Å²) in [7, 11) is 0. The number of hydrogen-bond donors (Lipinski definition) is 3. The summed E-state index contributed by atoms with van der Waals surface area (Å²) in [4.78, 5) is 12.1. The van der Waals surface area contributed by atoms with E-state index >= 15 is 0 Å². The van der Waals surface area contributed by atoms with Gasteiger partial charge in [0.05, 0.1) is 5.60 Å². The van der Waals surface area contributed by atoms with E-state index in [1.807, 2.05) is 13.8 Å². The Hall–Kier alpha value is -1.59. The molecular formula is C29H48N2O3. The number of aliphatic hydroxyl groups is 1. The first-order chi connectivity index (χ1) is 16.1. The molecule has 0 bridgehead atoms. The van der Waals surface area contributed by atoms with Crippen molar-refractivity contribution in [3.05, 3.63) is 35.5 Å². The predicted octanol–water partition coefficient (Wildman–Crippen LogP) is 6.18. The topological polar surface area (TPSA) is 84.6 Å². The van der Waals surface area contributed by atoms with E-state index in [1.165, 1.54) is 49.7 Å². The summed E-state index contributed by atoms with van der Waals surface area (Å²) in [5.74, 6) is 1.43. The fourth-order valence-electron chi connectivity index (χ4n) is 6.57. The van der Waals surface area contributed by atoms with Gasteiger partial charge in [-0.25, -0.2) is 4.79 Å². The molecule has 0 aliphatic heterocycles. The highest BCUT2D eigenvalue weighted by Gasteiger charge is 2.48. The molecule has 4 atom stereocenters. The first-order valence-electron chi connectivity index (χ1n) is 13.6. The van der Waals surface area contributed by atoms with Crippen LogP contribution in [0.1, 0.15) is 97.8 Å². The first kappa shape index (κ1) is 27.0. The molecule has 0 radical (unpaired) electrons. The van der Waals surface area contributed by atoms with Crippen LogP contribution in [0.2, 0.25) is 0 Å². The molecule has 3 saturated carbocycles. The zero-order valence-corrected chi connectivity index (χ0v) is 21.8. The van der Waals surface area contributed by atoms with E-state index in [0.717, 1.165) is 44.4 Å². The molecule has 1 amide bonds. The largest absolute Gasteiger partial charge is 0.446 e. The number of alkyl carbamates (subject to hydrolysis) is 1. The van der Waals surface area contributed by atoms with Crippen molar-refractivity contribution >= 4 is 6.09 Å². The summed E-state index contributed by atoms with van der Waals surface area (Å²) < 4.78 is 5.66. The zero-order chi connectivity index (χ0) is 24.8. The molecule has 3 rings (SSSR count). The number of allylic oxidation sites excluding steroid dienone is 4. The van der Waals surface area contributed by atoms with Crippen LogP contribution >= 0.6 is 0 Å². The number of fused-ring (bicyclic) bond motifs is 1. The molecule has 0 aromatic carbocycles. The van der Waals surface area contributed by atoms with Crippen molar-refractivity contribution in [1.82, 2.24) is 5.32 Å². The maximum Gasteiger partial charge on any atom is 0.407 e. The van der Waals surface area contributed by atoms with Gasteiger partial charge in [-0.05, 0) is 107 Å². The Morgan fingerprint density at radius 1 is 1.26 bits per heavy atom. The Labute approximate surface area is 207 Å². The molecular weight excluding hydrogens is 424 g/mol. The molecule has 3 aliphatic rings. The van der Waals surface area contributed by atoms with Gasteiger partial charge >= 0.3 is 6.09 Å². The lowest BCUT2D eigenvalue weighted by molar-refractivity contribution is 0.0610. The van der Waals surface area contributed by atoms with Gasteiger partial charge in [-0.2, -0.15) is 0 Å². The first-order valence-corrected chi connectivity index (χ1v) is 13.6. The third kappa shape index (κ3) is 7.21. The van der Waals surface area contributed by atoms with Crippen molar-refractivity contribution < 1.29 is 14.6 Å². The van der Waals surface area contributed by atoms with E-state index in [-0.39, 0.29) is 12.2 Å². The number of ether oxygens (including phenoxy) is 1. The highest BCUT2D eigenvalue weighted by Crippen LogP contribution is 2.58. The van der Waals surface area contributed by atoms with E-state index in [4.69, 9.17) is 10.5 Å². The lowest BCUT2D eigenvalue weighted by atomic mass is 9.62. The maximum absolute atomic E-state index is 12.1. The Morgan fingerprint density at radius 3 is 2.79 bits per heavy atom. The van der Waals surface area contributed by atoms with Crippen LogP contribution in [0.3, 0.4) is 0 Å². The molecule has 34 heavy (non-hydrogen) atoms. The quantitative estimate of drug-likeness (QED) is 0.350. The minimum absolute atomic E-state index is 0.0868. The van der Waals surface area contributed by atoms with Crippen LogP contribution in [-0.4, -0.2) is 36.0 Å². The third-order valence-electron chi connectivity index (χ3n) is 8.59. The highest BCUT2D eigenvalue weighted by molar-refractivity contribution is 5.67. The van der Waals surface area contributed by atoms with Crippen molar-refractivity contribution in [2.24, 2.45) is 23.0 Å². The summed E-state index contributed by atoms with van der Waals surface area (Å²) in [6.07, 6.45) is 17.0. The number of amides is 1. The molecule has 1 unspecified atom stereocenters. The van der Waals surface area contributed by atoms with Gasteiger partial charge in [0.1, 0.15) is 6.10 Å². The Bertz CT molecular complexity index is 779. The van der Waals surface area contributed by atoms with Gasteiger partial charge in [0, 0.05) is 13.0 Å². The number of hydrogen-bond acceptors (Lipinski definition) is 4. The minimum Gasteiger partial charge on any atom is -0.446 e. The fraction of sp³-hybridized carbons (Fsp3) is 0.759. The smallest absolute Gasteiger partial charge is 0.407 e. The lowest BCUT2D eigenvalue weighted by Gasteiger charge is -2.42. The van der Waals surface area contributed by atoms with Crippen molar-refractivity contribution in [3.63, 3.8) is 0 Å². The number of nitrogens with one attached hydrogen (secondary N) is 1. The standard InChI is InChI=1S/C29H48N2O3/c1-21-10-14-25(34-27(32)31-19-7-18-30)20-23(21)12-11-22-8-5-17-29(4)24(13-15-26(22)29)9-6-16-28(2,3)33/h11-12,24-26,33H,1,5-10,13-20,30H2,2-4H3,(H,31,32)/b22-11+,23-12-/t24?,25-,26-,29+/m0/s1. The second-order valence-corrected chi connectivity index (χ2v) is 11.8. The lowest BCUT2D eigenvalue weighted by Crippen LogP contribution is -2.33. The molecule has 5 nitrogen and oxygen atoms in total. The maximum atomic E-state index is 12.1. The average molecular weight is 473 g/mol. The molecule has 5 heteroatoms. The van der Waals surface area contributed by atoms with E-state index in [0.29, 0.717) is 24.4 Å². The van der Waals surface area contributed by atoms with Crippen LogP contribution in [0.4, 0.5) is 4.79 Å². The van der Waals surface area contributed by atoms with E-state index in [2.05, 4.69) is 31.0 Å². The van der Waals surface area contributed by atoms with Gasteiger partial charge in [-0.15, -0.1) is 0 Å². The second-order valence-electron chi connectivity index (χ2n) is 11.8. The second kappa shape index (κ2) is 11.9. The SMILES string of the molecule is C=C1CC[C@H](OC(=O)NCCCN)C/C1=C/C=C1\CCC[C@]2(C)C(CCCC(C)(C)O)CC[C@@H]12. The van der Waals surface area contributed by atoms with Crippen LogP contribution in [-0.2, 0) is 4.74 Å². The summed E-state index contributed by atoms with van der Waals surface area (Å²) in [6, 6.07) is 0. The van der Waals surface area contributed by atoms with Crippen molar-refractivity contribution in [1.29, 1.82) is 0 Å². The molecule has 0 aromatic heterocycles. The van der Waals surface area contributed by atoms with Crippen LogP contribution < -0.4 is 11.1 Å². The molecule has 192 valence electrons. The Morgan fingerprint density at radius 2 is 2.06 bits per heavy atom. The number of nitrogens with two attached hydrogens (primary N) is 1. The summed E-state index contributed by atoms with van der Waals surface area (Å²) >= 11 is 0. The predicted molar refractivity (Wildman–Crippen MR) is 139 cm³/mol. The normalized spacial score (nSPS) is 32.1. The van der Waals surface area contributed by atoms with Gasteiger partial charge < -0.3 is 20.9 Å². The number of rotatable bonds is 9. The molecule has 0 heterocycles. The highest BCUT2D eigenvalue weighted by atomic mass is 16.6. The third-order valence-corrected chi connectivity index (χ3v) is 8.59. The number of carbonyl (C=O) groups is 1. The molecule has 0 aromatic rings. The molecule has 0 saturated heterocycles. The fourth-order valence-corrected chi connectivity index (χ4v) is 6.57. The Balaban J connectivity index is 1.61. The molecule has 3 fully saturated rings. The van der Waals surface area contributed by atoms with E-state index in [9.17, 15) is 9.90 Å². The Kier molecular flexibility index (Phi) is 9.45. The summed E-state index contributed by atoms with van der Waals surface area (Å²) in [6.45, 7) is 11.8. The van der Waals surface area contributed by atoms with Gasteiger partial charge in [0.2, 0.25) is 0 Å². The summed E-state index contributed by atoms with van der Waals surface area (Å²) in [5.41, 5.74) is 9.32. The van der Waals surface area contributed by atoms with E-state index in [1.54, 1.807) is 5.57 Å². The zero-order valence-electron chi connectivity index (χ0n) is 21.8. The van der Waals surface area contributed by atoms with Crippen molar-refractivity contribution in [2.75, 3.05) is 13.1 Å². The average Bonchev–Trinajstić information content (AvgIpc) is 3.10. The minimum atomic E-state index is -0.558. The van der Waals surface area contributed by atoms with Crippen LogP contribution in [0.25, 0.3) is 0 Å². The van der Waals surface area contributed by atoms with Gasteiger partial charge in [-0.1, -0.05) is 43.2 Å². The van der Waals surface area contributed by atoms with Crippen LogP contribution in [0, 0.1) is 17.3 Å². The van der Waals surface area contributed by atoms with Crippen molar-refractivity contribution in [2.45, 2.75) is 110 Å². The number of carbonyl (C=O) groups excluding carboxylic acids is 1. The summed E-state index contributed by atoms with van der Waals surface area (Å²) in [5, 5.41) is 12.9. The molecule has 3 aliphatic carbocycles. The molecule has 4 N–H and O–H groups in total. The van der Waals surface area contributed by atoms with E-state index < -0.39 is 5.60 Å². The van der Waals surface area contributed by atoms with Gasteiger partial charge in [0.25, 0.3) is 0 Å².